The highest BCUT2D eigenvalue weighted by Gasteiger charge is 2.38. The van der Waals surface area contributed by atoms with E-state index in [0.29, 0.717) is 21.7 Å². The van der Waals surface area contributed by atoms with Gasteiger partial charge in [-0.3, -0.25) is 4.79 Å². The predicted molar refractivity (Wildman–Crippen MR) is 75.1 cm³/mol. The summed E-state index contributed by atoms with van der Waals surface area (Å²) in [6.45, 7) is 4.66. The van der Waals surface area contributed by atoms with Gasteiger partial charge in [0.1, 0.15) is 0 Å². The molecule has 1 saturated heterocycles. The summed E-state index contributed by atoms with van der Waals surface area (Å²) in [4.78, 5) is 12.2. The van der Waals surface area contributed by atoms with Crippen molar-refractivity contribution >= 4 is 33.4 Å². The number of hydrogen-bond donors (Lipinski definition) is 1. The van der Waals surface area contributed by atoms with E-state index in [1.165, 1.54) is 0 Å². The number of benzene rings is 1. The van der Waals surface area contributed by atoms with E-state index in [-0.39, 0.29) is 17.6 Å². The summed E-state index contributed by atoms with van der Waals surface area (Å²) in [6.07, 6.45) is 0.845. The van der Waals surface area contributed by atoms with Gasteiger partial charge in [0.2, 0.25) is 0 Å². The van der Waals surface area contributed by atoms with E-state index in [4.69, 9.17) is 16.3 Å². The van der Waals surface area contributed by atoms with Gasteiger partial charge in [-0.25, -0.2) is 0 Å². The minimum absolute atomic E-state index is 0.0209. The first-order valence-electron chi connectivity index (χ1n) is 5.81. The number of nitrogens with one attached hydrogen (secondary N) is 1. The van der Waals surface area contributed by atoms with Gasteiger partial charge in [-0.05, 0) is 54.4 Å². The fourth-order valence-electron chi connectivity index (χ4n) is 2.00. The zero-order valence-corrected chi connectivity index (χ0v) is 12.6. The first-order chi connectivity index (χ1) is 8.42. The fraction of sp³-hybridized carbons (Fsp3) is 0.462. The number of hydrogen-bond acceptors (Lipinski definition) is 2. The summed E-state index contributed by atoms with van der Waals surface area (Å²) in [6, 6.07) is 5.14. The quantitative estimate of drug-likeness (QED) is 0.901. The fourth-order valence-corrected chi connectivity index (χ4v) is 2.86. The molecule has 98 valence electrons. The Kier molecular flexibility index (Phi) is 3.99. The molecule has 0 aliphatic carbocycles. The van der Waals surface area contributed by atoms with Crippen LogP contribution >= 0.6 is 27.5 Å². The predicted octanol–water partition coefficient (Wildman–Crippen LogP) is 3.40. The molecule has 1 aliphatic heterocycles. The number of rotatable bonds is 2. The Labute approximate surface area is 120 Å². The third-order valence-electron chi connectivity index (χ3n) is 3.46. The topological polar surface area (TPSA) is 38.3 Å². The number of carbonyl (C=O) groups is 1. The molecule has 2 atom stereocenters. The molecule has 1 aliphatic rings. The van der Waals surface area contributed by atoms with Gasteiger partial charge in [-0.2, -0.15) is 0 Å². The lowest BCUT2D eigenvalue weighted by atomic mass is 9.94. The second-order valence-electron chi connectivity index (χ2n) is 4.76. The molecule has 0 saturated carbocycles. The van der Waals surface area contributed by atoms with Crippen LogP contribution in [0.3, 0.4) is 0 Å². The molecule has 2 rings (SSSR count). The van der Waals surface area contributed by atoms with E-state index in [1.807, 2.05) is 13.8 Å². The summed E-state index contributed by atoms with van der Waals surface area (Å²) in [5.74, 6) is -0.113. The van der Waals surface area contributed by atoms with Gasteiger partial charge >= 0.3 is 0 Å². The van der Waals surface area contributed by atoms with Gasteiger partial charge in [0, 0.05) is 16.1 Å². The van der Waals surface area contributed by atoms with Crippen molar-refractivity contribution in [3.8, 4) is 0 Å². The maximum Gasteiger partial charge on any atom is 0.252 e. The molecule has 3 nitrogen and oxygen atoms in total. The first-order valence-corrected chi connectivity index (χ1v) is 6.99. The third kappa shape index (κ3) is 2.71. The van der Waals surface area contributed by atoms with Crippen molar-refractivity contribution < 1.29 is 9.53 Å². The summed E-state index contributed by atoms with van der Waals surface area (Å²) in [5, 5.41) is 3.64. The highest BCUT2D eigenvalue weighted by atomic mass is 79.9. The molecular formula is C13H15BrClNO2. The summed E-state index contributed by atoms with van der Waals surface area (Å²) in [7, 11) is 0. The Balaban J connectivity index is 2.17. The van der Waals surface area contributed by atoms with Crippen LogP contribution < -0.4 is 5.32 Å². The highest BCUT2D eigenvalue weighted by Crippen LogP contribution is 2.27. The van der Waals surface area contributed by atoms with Crippen LogP contribution in [0.4, 0.5) is 0 Å². The molecule has 1 aromatic carbocycles. The maximum atomic E-state index is 12.2. The van der Waals surface area contributed by atoms with Crippen molar-refractivity contribution in [2.24, 2.45) is 0 Å². The average molecular weight is 333 g/mol. The third-order valence-corrected chi connectivity index (χ3v) is 4.35. The molecule has 0 radical (unpaired) electrons. The molecule has 18 heavy (non-hydrogen) atoms. The molecule has 1 heterocycles. The van der Waals surface area contributed by atoms with E-state index in [9.17, 15) is 4.79 Å². The van der Waals surface area contributed by atoms with Crippen molar-refractivity contribution in [2.75, 3.05) is 6.61 Å². The van der Waals surface area contributed by atoms with Crippen LogP contribution in [0.25, 0.3) is 0 Å². The first kappa shape index (κ1) is 13.8. The van der Waals surface area contributed by atoms with Crippen molar-refractivity contribution in [1.82, 2.24) is 5.32 Å². The summed E-state index contributed by atoms with van der Waals surface area (Å²) < 4.78 is 6.20. The minimum atomic E-state index is -0.309. The molecule has 0 aromatic heterocycles. The number of amides is 1. The monoisotopic (exact) mass is 331 g/mol. The smallest absolute Gasteiger partial charge is 0.252 e. The largest absolute Gasteiger partial charge is 0.376 e. The lowest BCUT2D eigenvalue weighted by Crippen LogP contribution is -2.50. The molecule has 2 unspecified atom stereocenters. The number of halogens is 2. The van der Waals surface area contributed by atoms with Crippen LogP contribution in [-0.4, -0.2) is 24.2 Å². The van der Waals surface area contributed by atoms with Crippen molar-refractivity contribution in [2.45, 2.75) is 31.9 Å². The molecule has 1 amide bonds. The van der Waals surface area contributed by atoms with Crippen molar-refractivity contribution in [1.29, 1.82) is 0 Å². The Morgan fingerprint density at radius 2 is 2.33 bits per heavy atom. The Hall–Kier alpha value is -0.580. The van der Waals surface area contributed by atoms with Crippen molar-refractivity contribution in [3.05, 3.63) is 33.3 Å². The van der Waals surface area contributed by atoms with Gasteiger partial charge < -0.3 is 10.1 Å². The van der Waals surface area contributed by atoms with Crippen LogP contribution in [0.15, 0.2) is 22.7 Å². The Bertz CT molecular complexity index is 480. The minimum Gasteiger partial charge on any atom is -0.376 e. The van der Waals surface area contributed by atoms with Crippen LogP contribution in [0.2, 0.25) is 5.02 Å². The molecule has 1 fully saturated rings. The molecule has 1 N–H and O–H groups in total. The van der Waals surface area contributed by atoms with E-state index >= 15 is 0 Å². The lowest BCUT2D eigenvalue weighted by Gasteiger charge is -2.29. The van der Waals surface area contributed by atoms with Crippen LogP contribution in [0.5, 0.6) is 0 Å². The number of ether oxygens (including phenoxy) is 1. The zero-order chi connectivity index (χ0) is 13.3. The van der Waals surface area contributed by atoms with Gasteiger partial charge in [-0.15, -0.1) is 0 Å². The average Bonchev–Trinajstić information content (AvgIpc) is 2.58. The molecule has 0 spiro atoms. The maximum absolute atomic E-state index is 12.2. The van der Waals surface area contributed by atoms with Crippen LogP contribution in [-0.2, 0) is 4.74 Å². The highest BCUT2D eigenvalue weighted by molar-refractivity contribution is 9.10. The SMILES string of the molecule is CC1OCCC1(C)NC(=O)c1ccc(Cl)cc1Br. The van der Waals surface area contributed by atoms with Crippen LogP contribution in [0, 0.1) is 0 Å². The van der Waals surface area contributed by atoms with Crippen LogP contribution in [0.1, 0.15) is 30.6 Å². The summed E-state index contributed by atoms with van der Waals surface area (Å²) >= 11 is 9.21. The van der Waals surface area contributed by atoms with E-state index in [0.717, 1.165) is 6.42 Å². The molecule has 5 heteroatoms. The van der Waals surface area contributed by atoms with Crippen molar-refractivity contribution in [3.63, 3.8) is 0 Å². The van der Waals surface area contributed by atoms with E-state index < -0.39 is 0 Å². The summed E-state index contributed by atoms with van der Waals surface area (Å²) in [5.41, 5.74) is 0.274. The van der Waals surface area contributed by atoms with Gasteiger partial charge in [0.25, 0.3) is 5.91 Å². The van der Waals surface area contributed by atoms with Gasteiger partial charge in [0.15, 0.2) is 0 Å². The Morgan fingerprint density at radius 1 is 1.61 bits per heavy atom. The normalized spacial score (nSPS) is 27.2. The van der Waals surface area contributed by atoms with E-state index in [1.54, 1.807) is 18.2 Å². The molecule has 0 bridgehead atoms. The molecule has 1 aromatic rings. The second kappa shape index (κ2) is 5.19. The molecular weight excluding hydrogens is 318 g/mol. The second-order valence-corrected chi connectivity index (χ2v) is 6.05. The van der Waals surface area contributed by atoms with Gasteiger partial charge in [0.05, 0.1) is 17.2 Å². The Morgan fingerprint density at radius 3 is 2.89 bits per heavy atom. The standard InChI is InChI=1S/C13H15BrClNO2/c1-8-13(2,5-6-18-8)16-12(17)10-4-3-9(15)7-11(10)14/h3-4,7-8H,5-6H2,1-2H3,(H,16,17). The van der Waals surface area contributed by atoms with E-state index in [2.05, 4.69) is 21.2 Å². The van der Waals surface area contributed by atoms with Gasteiger partial charge in [-0.1, -0.05) is 11.6 Å². The number of carbonyl (C=O) groups excluding carboxylic acids is 1. The lowest BCUT2D eigenvalue weighted by molar-refractivity contribution is 0.0727. The zero-order valence-electron chi connectivity index (χ0n) is 10.3.